The van der Waals surface area contributed by atoms with Crippen molar-refractivity contribution in [2.24, 2.45) is 5.92 Å². The van der Waals surface area contributed by atoms with Gasteiger partial charge in [0.1, 0.15) is 0 Å². The fourth-order valence-corrected chi connectivity index (χ4v) is 1.67. The summed E-state index contributed by atoms with van der Waals surface area (Å²) in [5.74, 6) is 0.248. The van der Waals surface area contributed by atoms with E-state index >= 15 is 0 Å². The van der Waals surface area contributed by atoms with Gasteiger partial charge in [-0.25, -0.2) is 0 Å². The zero-order valence-corrected chi connectivity index (χ0v) is 8.35. The van der Waals surface area contributed by atoms with Crippen molar-refractivity contribution < 1.29 is 4.79 Å². The molecule has 1 aliphatic heterocycles. The Hall–Kier alpha value is -0.570. The van der Waals surface area contributed by atoms with Gasteiger partial charge in [-0.05, 0) is 14.0 Å². The molecule has 0 saturated carbocycles. The number of nitrogens with zero attached hydrogens (tertiary/aromatic N) is 1. The van der Waals surface area contributed by atoms with E-state index in [9.17, 15) is 4.79 Å². The molecule has 0 aromatic rings. The van der Waals surface area contributed by atoms with Crippen LogP contribution in [0.2, 0.25) is 0 Å². The third-order valence-electron chi connectivity index (χ3n) is 2.19. The Morgan fingerprint density at radius 1 is 1.50 bits per heavy atom. The molecule has 0 aromatic heterocycles. The summed E-state index contributed by atoms with van der Waals surface area (Å²) in [5, 5.41) is 3.04. The van der Waals surface area contributed by atoms with Gasteiger partial charge in [-0.3, -0.25) is 4.79 Å². The van der Waals surface area contributed by atoms with Crippen LogP contribution in [-0.2, 0) is 4.79 Å². The summed E-state index contributed by atoms with van der Waals surface area (Å²) >= 11 is 0. The normalized spacial score (nSPS) is 22.1. The van der Waals surface area contributed by atoms with Gasteiger partial charge in [-0.15, -0.1) is 0 Å². The molecule has 0 aromatic carbocycles. The topological polar surface area (TPSA) is 32.3 Å². The molecule has 1 N–H and O–H groups in total. The van der Waals surface area contributed by atoms with E-state index in [1.165, 1.54) is 0 Å². The molecule has 1 rings (SSSR count). The predicted molar refractivity (Wildman–Crippen MR) is 48.9 cm³/mol. The molecule has 70 valence electrons. The number of likely N-dealkylation sites (tertiary alicyclic amines) is 1. The van der Waals surface area contributed by atoms with E-state index < -0.39 is 0 Å². The molecule has 0 spiro atoms. The molecular formula is C9H18N2O. The molecule has 1 aliphatic rings. The van der Waals surface area contributed by atoms with Gasteiger partial charge in [-0.1, -0.05) is 13.8 Å². The second-order valence-corrected chi connectivity index (χ2v) is 4.38. The molecule has 1 amide bonds. The monoisotopic (exact) mass is 170 g/mol. The number of hydrogen-bond acceptors (Lipinski definition) is 2. The van der Waals surface area contributed by atoms with Crippen LogP contribution >= 0.6 is 0 Å². The van der Waals surface area contributed by atoms with Crippen LogP contribution in [0.1, 0.15) is 20.8 Å². The standard InChI is InChI=1S/C9H18N2O/c1-7(2)8(12)10-9(3)5-11(4)6-9/h7H,5-6H2,1-4H3,(H,10,12). The largest absolute Gasteiger partial charge is 0.348 e. The van der Waals surface area contributed by atoms with E-state index in [1.807, 2.05) is 13.8 Å². The molecule has 0 radical (unpaired) electrons. The molecule has 0 aliphatic carbocycles. The molecule has 1 fully saturated rings. The number of rotatable bonds is 2. The van der Waals surface area contributed by atoms with E-state index in [-0.39, 0.29) is 17.4 Å². The van der Waals surface area contributed by atoms with Crippen LogP contribution in [-0.4, -0.2) is 36.5 Å². The van der Waals surface area contributed by atoms with Gasteiger partial charge in [0, 0.05) is 19.0 Å². The quantitative estimate of drug-likeness (QED) is 0.653. The number of likely N-dealkylation sites (N-methyl/N-ethyl adjacent to an activating group) is 1. The minimum atomic E-state index is 0.0239. The first-order valence-electron chi connectivity index (χ1n) is 4.43. The minimum Gasteiger partial charge on any atom is -0.348 e. The Kier molecular flexibility index (Phi) is 2.42. The van der Waals surface area contributed by atoms with E-state index in [2.05, 4.69) is 24.2 Å². The van der Waals surface area contributed by atoms with Crippen molar-refractivity contribution in [3.05, 3.63) is 0 Å². The van der Waals surface area contributed by atoms with Crippen LogP contribution in [0.15, 0.2) is 0 Å². The van der Waals surface area contributed by atoms with Crippen molar-refractivity contribution in [2.75, 3.05) is 20.1 Å². The van der Waals surface area contributed by atoms with Gasteiger partial charge < -0.3 is 10.2 Å². The maximum atomic E-state index is 11.3. The molecule has 12 heavy (non-hydrogen) atoms. The van der Waals surface area contributed by atoms with Crippen LogP contribution in [0, 0.1) is 5.92 Å². The van der Waals surface area contributed by atoms with Crippen LogP contribution in [0.3, 0.4) is 0 Å². The van der Waals surface area contributed by atoms with E-state index in [1.54, 1.807) is 0 Å². The van der Waals surface area contributed by atoms with Crippen LogP contribution in [0.5, 0.6) is 0 Å². The summed E-state index contributed by atoms with van der Waals surface area (Å²) in [4.78, 5) is 13.5. The molecule has 1 saturated heterocycles. The average Bonchev–Trinajstić information content (AvgIpc) is 1.83. The molecular weight excluding hydrogens is 152 g/mol. The third-order valence-corrected chi connectivity index (χ3v) is 2.19. The van der Waals surface area contributed by atoms with Gasteiger partial charge in [0.2, 0.25) is 5.91 Å². The van der Waals surface area contributed by atoms with Gasteiger partial charge in [0.15, 0.2) is 0 Å². The van der Waals surface area contributed by atoms with E-state index in [4.69, 9.17) is 0 Å². The van der Waals surface area contributed by atoms with Crippen LogP contribution in [0.25, 0.3) is 0 Å². The second kappa shape index (κ2) is 3.05. The summed E-state index contributed by atoms with van der Waals surface area (Å²) in [5.41, 5.74) is 0.0239. The number of hydrogen-bond donors (Lipinski definition) is 1. The Morgan fingerprint density at radius 2 is 2.00 bits per heavy atom. The smallest absolute Gasteiger partial charge is 0.223 e. The molecule has 0 unspecified atom stereocenters. The maximum Gasteiger partial charge on any atom is 0.223 e. The highest BCUT2D eigenvalue weighted by molar-refractivity contribution is 5.78. The number of nitrogens with one attached hydrogen (secondary N) is 1. The van der Waals surface area contributed by atoms with E-state index in [0.717, 1.165) is 13.1 Å². The molecule has 0 bridgehead atoms. The number of amides is 1. The van der Waals surface area contributed by atoms with Gasteiger partial charge in [0.05, 0.1) is 5.54 Å². The SMILES string of the molecule is CC(C)C(=O)NC1(C)CN(C)C1. The maximum absolute atomic E-state index is 11.3. The molecule has 3 nitrogen and oxygen atoms in total. The molecule has 1 heterocycles. The van der Waals surface area contributed by atoms with Gasteiger partial charge in [-0.2, -0.15) is 0 Å². The van der Waals surface area contributed by atoms with Crippen molar-refractivity contribution in [1.29, 1.82) is 0 Å². The lowest BCUT2D eigenvalue weighted by molar-refractivity contribution is -0.127. The summed E-state index contributed by atoms with van der Waals surface area (Å²) in [6.45, 7) is 7.85. The Bertz CT molecular complexity index is 183. The van der Waals surface area contributed by atoms with Gasteiger partial charge >= 0.3 is 0 Å². The van der Waals surface area contributed by atoms with Crippen LogP contribution in [0.4, 0.5) is 0 Å². The summed E-state index contributed by atoms with van der Waals surface area (Å²) in [7, 11) is 2.06. The first-order valence-corrected chi connectivity index (χ1v) is 4.43. The lowest BCUT2D eigenvalue weighted by atomic mass is 9.92. The lowest BCUT2D eigenvalue weighted by Crippen LogP contribution is -2.67. The Morgan fingerprint density at radius 3 is 2.33 bits per heavy atom. The fourth-order valence-electron chi connectivity index (χ4n) is 1.67. The highest BCUT2D eigenvalue weighted by Crippen LogP contribution is 2.18. The third kappa shape index (κ3) is 1.97. The van der Waals surface area contributed by atoms with Gasteiger partial charge in [0.25, 0.3) is 0 Å². The van der Waals surface area contributed by atoms with Crippen LogP contribution < -0.4 is 5.32 Å². The fraction of sp³-hybridized carbons (Fsp3) is 0.889. The predicted octanol–water partition coefficient (Wildman–Crippen LogP) is 0.463. The van der Waals surface area contributed by atoms with E-state index in [0.29, 0.717) is 0 Å². The minimum absolute atomic E-state index is 0.0239. The summed E-state index contributed by atoms with van der Waals surface area (Å²) in [6.07, 6.45) is 0. The van der Waals surface area contributed by atoms with Crippen molar-refractivity contribution in [2.45, 2.75) is 26.3 Å². The summed E-state index contributed by atoms with van der Waals surface area (Å²) in [6, 6.07) is 0. The number of carbonyl (C=O) groups is 1. The average molecular weight is 170 g/mol. The van der Waals surface area contributed by atoms with Crippen molar-refractivity contribution in [1.82, 2.24) is 10.2 Å². The lowest BCUT2D eigenvalue weighted by Gasteiger charge is -2.46. The number of carbonyl (C=O) groups excluding carboxylic acids is 1. The second-order valence-electron chi connectivity index (χ2n) is 4.38. The highest BCUT2D eigenvalue weighted by atomic mass is 16.2. The highest BCUT2D eigenvalue weighted by Gasteiger charge is 2.37. The summed E-state index contributed by atoms with van der Waals surface area (Å²) < 4.78 is 0. The zero-order valence-electron chi connectivity index (χ0n) is 8.35. The molecule has 3 heteroatoms. The Labute approximate surface area is 74.1 Å². The molecule has 0 atom stereocenters. The first kappa shape index (κ1) is 9.52. The Balaban J connectivity index is 2.37. The van der Waals surface area contributed by atoms with Crippen molar-refractivity contribution in [3.63, 3.8) is 0 Å². The first-order chi connectivity index (χ1) is 5.43. The van der Waals surface area contributed by atoms with Crippen molar-refractivity contribution in [3.8, 4) is 0 Å². The van der Waals surface area contributed by atoms with Crippen molar-refractivity contribution >= 4 is 5.91 Å². The zero-order chi connectivity index (χ0) is 9.35.